The van der Waals surface area contributed by atoms with Crippen molar-refractivity contribution in [2.75, 3.05) is 0 Å². The number of aliphatic hydroxyl groups excluding tert-OH is 1. The highest BCUT2D eigenvalue weighted by atomic mass is 16.3. The van der Waals surface area contributed by atoms with Crippen molar-refractivity contribution in [3.63, 3.8) is 0 Å². The van der Waals surface area contributed by atoms with Gasteiger partial charge in [0.25, 0.3) is 0 Å². The molecule has 0 aromatic heterocycles. The van der Waals surface area contributed by atoms with Crippen molar-refractivity contribution in [2.45, 2.75) is 47.6 Å². The zero-order chi connectivity index (χ0) is 11.4. The Morgan fingerprint density at radius 1 is 0.929 bits per heavy atom. The van der Waals surface area contributed by atoms with Crippen molar-refractivity contribution in [3.8, 4) is 0 Å². The van der Waals surface area contributed by atoms with Gasteiger partial charge in [0.05, 0.1) is 6.61 Å². The summed E-state index contributed by atoms with van der Waals surface area (Å²) in [6.45, 7) is 10.2. The summed E-state index contributed by atoms with van der Waals surface area (Å²) in [6.07, 6.45) is 0.997. The van der Waals surface area contributed by atoms with Gasteiger partial charge in [-0.1, -0.05) is 58.9 Å². The fourth-order valence-electron chi connectivity index (χ4n) is 1.06. The molecule has 0 fully saturated rings. The highest BCUT2D eigenvalue weighted by Gasteiger charge is 1.94. The minimum atomic E-state index is 0.157. The van der Waals surface area contributed by atoms with Gasteiger partial charge in [-0.2, -0.15) is 0 Å². The van der Waals surface area contributed by atoms with Gasteiger partial charge in [0.1, 0.15) is 0 Å². The number of aliphatic hydroxyl groups is 1. The van der Waals surface area contributed by atoms with E-state index in [0.717, 1.165) is 12.0 Å². The fourth-order valence-corrected chi connectivity index (χ4v) is 1.06. The molecule has 0 atom stereocenters. The van der Waals surface area contributed by atoms with Crippen LogP contribution in [0.3, 0.4) is 0 Å². The quantitative estimate of drug-likeness (QED) is 0.763. The van der Waals surface area contributed by atoms with Gasteiger partial charge in [0.2, 0.25) is 0 Å². The number of benzene rings is 1. The van der Waals surface area contributed by atoms with Gasteiger partial charge >= 0.3 is 0 Å². The summed E-state index contributed by atoms with van der Waals surface area (Å²) in [7, 11) is 0. The van der Waals surface area contributed by atoms with E-state index in [-0.39, 0.29) is 6.61 Å². The van der Waals surface area contributed by atoms with Crippen LogP contribution in [0.2, 0.25) is 0 Å². The molecule has 0 saturated heterocycles. The van der Waals surface area contributed by atoms with Crippen molar-refractivity contribution < 1.29 is 5.11 Å². The van der Waals surface area contributed by atoms with Gasteiger partial charge in [0, 0.05) is 0 Å². The minimum Gasteiger partial charge on any atom is -0.392 e. The summed E-state index contributed by atoms with van der Waals surface area (Å²) in [5.74, 6) is 0. The normalized spacial score (nSPS) is 7.86. The van der Waals surface area contributed by atoms with Crippen LogP contribution in [-0.4, -0.2) is 5.11 Å². The Morgan fingerprint density at radius 2 is 1.36 bits per heavy atom. The van der Waals surface area contributed by atoms with Crippen LogP contribution >= 0.6 is 0 Å². The molecule has 0 unspecified atom stereocenters. The van der Waals surface area contributed by atoms with E-state index < -0.39 is 0 Å². The summed E-state index contributed by atoms with van der Waals surface area (Å²) < 4.78 is 0. The first-order valence-corrected chi connectivity index (χ1v) is 5.56. The maximum Gasteiger partial charge on any atom is 0.0684 e. The Balaban J connectivity index is 0. The van der Waals surface area contributed by atoms with Crippen LogP contribution in [0.15, 0.2) is 24.3 Å². The predicted molar refractivity (Wildman–Crippen MR) is 64.4 cm³/mol. The molecule has 1 nitrogen and oxygen atoms in total. The van der Waals surface area contributed by atoms with Crippen LogP contribution in [0.5, 0.6) is 0 Å². The van der Waals surface area contributed by atoms with Gasteiger partial charge in [-0.25, -0.2) is 0 Å². The third-order valence-corrected chi connectivity index (χ3v) is 1.67. The van der Waals surface area contributed by atoms with Crippen LogP contribution in [0, 0.1) is 0 Å². The molecule has 0 aliphatic heterocycles. The van der Waals surface area contributed by atoms with E-state index in [4.69, 9.17) is 5.11 Å². The molecule has 1 aromatic carbocycles. The zero-order valence-corrected chi connectivity index (χ0v) is 10.2. The van der Waals surface area contributed by atoms with Crippen LogP contribution in [-0.2, 0) is 13.0 Å². The second-order valence-corrected chi connectivity index (χ2v) is 2.28. The molecule has 0 spiro atoms. The van der Waals surface area contributed by atoms with E-state index in [1.807, 2.05) is 52.0 Å². The summed E-state index contributed by atoms with van der Waals surface area (Å²) in [5.41, 5.74) is 2.29. The number of rotatable bonds is 2. The lowest BCUT2D eigenvalue weighted by atomic mass is 10.1. The molecule has 0 saturated carbocycles. The lowest BCUT2D eigenvalue weighted by molar-refractivity contribution is 0.280. The highest BCUT2D eigenvalue weighted by Crippen LogP contribution is 2.08. The smallest absolute Gasteiger partial charge is 0.0684 e. The van der Waals surface area contributed by atoms with E-state index in [1.165, 1.54) is 5.56 Å². The maximum atomic E-state index is 8.85. The summed E-state index contributed by atoms with van der Waals surface area (Å²) in [4.78, 5) is 0. The van der Waals surface area contributed by atoms with Crippen LogP contribution in [0.1, 0.15) is 45.7 Å². The Morgan fingerprint density at radius 3 is 1.64 bits per heavy atom. The van der Waals surface area contributed by atoms with Crippen molar-refractivity contribution in [3.05, 3.63) is 35.4 Å². The lowest BCUT2D eigenvalue weighted by Crippen LogP contribution is -1.90. The van der Waals surface area contributed by atoms with Gasteiger partial charge < -0.3 is 5.11 Å². The van der Waals surface area contributed by atoms with Crippen LogP contribution < -0.4 is 0 Å². The lowest BCUT2D eigenvalue weighted by Gasteiger charge is -2.01. The Labute approximate surface area is 88.8 Å². The van der Waals surface area contributed by atoms with Crippen LogP contribution in [0.4, 0.5) is 0 Å². The molecule has 0 bridgehead atoms. The topological polar surface area (TPSA) is 20.2 Å². The Hall–Kier alpha value is -0.820. The van der Waals surface area contributed by atoms with Crippen molar-refractivity contribution >= 4 is 0 Å². The van der Waals surface area contributed by atoms with Crippen molar-refractivity contribution in [1.29, 1.82) is 0 Å². The predicted octanol–water partition coefficient (Wildman–Crippen LogP) is 3.79. The van der Waals surface area contributed by atoms with Gasteiger partial charge in [-0.3, -0.25) is 0 Å². The first-order valence-electron chi connectivity index (χ1n) is 5.56. The van der Waals surface area contributed by atoms with Crippen LogP contribution in [0.25, 0.3) is 0 Å². The molecule has 82 valence electrons. The van der Waals surface area contributed by atoms with Gasteiger partial charge in [-0.05, 0) is 17.5 Å². The molecule has 0 heterocycles. The molecule has 0 amide bonds. The summed E-state index contributed by atoms with van der Waals surface area (Å²) in [6, 6.07) is 7.95. The van der Waals surface area contributed by atoms with Gasteiger partial charge in [0.15, 0.2) is 0 Å². The molecular formula is C13H24O. The molecule has 0 radical (unpaired) electrons. The average Bonchev–Trinajstić information content (AvgIpc) is 2.34. The van der Waals surface area contributed by atoms with E-state index in [9.17, 15) is 0 Å². The van der Waals surface area contributed by atoms with Crippen molar-refractivity contribution in [2.24, 2.45) is 0 Å². The second kappa shape index (κ2) is 12.2. The molecule has 0 aliphatic carbocycles. The summed E-state index contributed by atoms with van der Waals surface area (Å²) in [5, 5.41) is 8.85. The third kappa shape index (κ3) is 5.76. The molecule has 1 heteroatoms. The first kappa shape index (κ1) is 15.6. The fraction of sp³-hybridized carbons (Fsp3) is 0.538. The molecule has 0 aliphatic rings. The van der Waals surface area contributed by atoms with E-state index in [1.54, 1.807) is 0 Å². The maximum absolute atomic E-state index is 8.85. The van der Waals surface area contributed by atoms with Gasteiger partial charge in [-0.15, -0.1) is 0 Å². The molecule has 1 N–H and O–H groups in total. The SMILES string of the molecule is CC.CC.CCc1ccccc1CO. The average molecular weight is 196 g/mol. The van der Waals surface area contributed by atoms with E-state index >= 15 is 0 Å². The van der Waals surface area contributed by atoms with E-state index in [0.29, 0.717) is 0 Å². The molecule has 14 heavy (non-hydrogen) atoms. The van der Waals surface area contributed by atoms with Crippen molar-refractivity contribution in [1.82, 2.24) is 0 Å². The summed E-state index contributed by atoms with van der Waals surface area (Å²) >= 11 is 0. The second-order valence-electron chi connectivity index (χ2n) is 2.28. The zero-order valence-electron chi connectivity index (χ0n) is 10.2. The first-order chi connectivity index (χ1) is 6.88. The minimum absolute atomic E-state index is 0.157. The standard InChI is InChI=1S/C9H12O.2C2H6/c1-2-8-5-3-4-6-9(8)7-10;2*1-2/h3-6,10H,2,7H2,1H3;2*1-2H3. The number of hydrogen-bond donors (Lipinski definition) is 1. The van der Waals surface area contributed by atoms with E-state index in [2.05, 4.69) is 6.92 Å². The molecule has 1 rings (SSSR count). The number of hydrogen-bond acceptors (Lipinski definition) is 1. The Kier molecular flexibility index (Phi) is 13.6. The molecule has 1 aromatic rings. The highest BCUT2D eigenvalue weighted by molar-refractivity contribution is 5.25. The molecular weight excluding hydrogens is 172 g/mol. The number of aryl methyl sites for hydroxylation is 1. The Bertz CT molecular complexity index is 183. The monoisotopic (exact) mass is 196 g/mol. The largest absolute Gasteiger partial charge is 0.392 e. The third-order valence-electron chi connectivity index (χ3n) is 1.67.